The van der Waals surface area contributed by atoms with Gasteiger partial charge in [-0.1, -0.05) is 81.2 Å². The van der Waals surface area contributed by atoms with Gasteiger partial charge in [-0.2, -0.15) is 9.97 Å². The minimum absolute atomic E-state index is 0.115. The van der Waals surface area contributed by atoms with Crippen LogP contribution < -0.4 is 21.3 Å². The number of phenols is 4. The van der Waals surface area contributed by atoms with E-state index in [4.69, 9.17) is 140 Å². The first-order chi connectivity index (χ1) is 44.2. The molecule has 10 aromatic rings. The largest absolute Gasteiger partial charge is 0.506 e. The summed E-state index contributed by atoms with van der Waals surface area (Å²) in [4.78, 5) is 38.4. The lowest BCUT2D eigenvalue weighted by Crippen LogP contribution is -2.28. The zero-order valence-corrected chi connectivity index (χ0v) is 58.8. The number of aromatic nitrogens is 3. The highest BCUT2D eigenvalue weighted by molar-refractivity contribution is 7.71. The zero-order valence-electron chi connectivity index (χ0n) is 52.0. The maximum atomic E-state index is 10.3. The minimum atomic E-state index is -0.672. The number of anilines is 4. The molecule has 2 aliphatic heterocycles. The average Bonchev–Trinajstić information content (AvgIpc) is 1.66. The van der Waals surface area contributed by atoms with Crippen molar-refractivity contribution in [3.05, 3.63) is 184 Å². The molecule has 0 amide bonds. The van der Waals surface area contributed by atoms with Crippen LogP contribution in [0.1, 0.15) is 51.8 Å². The number of nitrogen functional groups attached to an aromatic ring is 2. The zero-order chi connectivity index (χ0) is 69.6. The van der Waals surface area contributed by atoms with Crippen molar-refractivity contribution < 1.29 is 43.5 Å². The molecule has 94 heavy (non-hydrogen) atoms. The number of fused-ring (bicyclic) bond motifs is 3. The van der Waals surface area contributed by atoms with Crippen molar-refractivity contribution in [3.8, 4) is 23.0 Å². The fraction of sp³-hybridized carbons (Fsp3) is 0.286. The van der Waals surface area contributed by atoms with Crippen LogP contribution in [0.3, 0.4) is 0 Å². The van der Waals surface area contributed by atoms with Gasteiger partial charge in [-0.25, -0.2) is 4.42 Å². The SMILES string of the molecule is Cc1cc(Cl)cc(N)c1O.Cc1cc(Cl)cc(N)c1O.Cc1cc(Cl)cc([N+](=O)[O-])c1O.Cc1cc(Cl)cc([N+](=O)[O-])c1O.Cc1cc(Cl)cc2[nH]c(=S)oc12.Cc1cc(Cl)cc2nc(N3CCCN(C)CC3)oc12.Cc1cc(Cl)cc2nc(N3CCCN(Cl)CC3)oc12. The Bertz CT molecular complexity index is 4120. The van der Waals surface area contributed by atoms with Crippen molar-refractivity contribution in [2.75, 3.05) is 80.7 Å². The van der Waals surface area contributed by atoms with Gasteiger partial charge in [-0.3, -0.25) is 20.2 Å². The summed E-state index contributed by atoms with van der Waals surface area (Å²) < 4.78 is 18.9. The number of aryl methyl sites for hydroxylation is 7. The highest BCUT2D eigenvalue weighted by Gasteiger charge is 2.22. The lowest BCUT2D eigenvalue weighted by Gasteiger charge is -2.17. The van der Waals surface area contributed by atoms with Crippen molar-refractivity contribution in [2.45, 2.75) is 61.3 Å². The first-order valence-corrected chi connectivity index (χ1v) is 31.9. The predicted octanol–water partition coefficient (Wildman–Crippen LogP) is 18.2. The van der Waals surface area contributed by atoms with Crippen molar-refractivity contribution in [1.82, 2.24) is 24.3 Å². The van der Waals surface area contributed by atoms with Crippen LogP contribution >= 0.6 is 105 Å². The number of phenolic OH excluding ortho intramolecular Hbond substituents is 4. The number of oxazole rings is 3. The third-order valence-electron chi connectivity index (χ3n) is 14.1. The molecule has 0 unspecified atom stereocenters. The highest BCUT2D eigenvalue weighted by atomic mass is 35.5. The summed E-state index contributed by atoms with van der Waals surface area (Å²) in [5, 5.41) is 61.0. The van der Waals surface area contributed by atoms with Crippen LogP contribution in [0.25, 0.3) is 33.3 Å². The number of benzene rings is 7. The molecular weight excluding hydrogens is 1400 g/mol. The van der Waals surface area contributed by atoms with Crippen LogP contribution in [0.2, 0.25) is 35.2 Å². The number of nitrogens with one attached hydrogen (secondary N) is 1. The molecule has 0 radical (unpaired) electrons. The normalized spacial score (nSPS) is 13.2. The molecule has 5 heterocycles. The van der Waals surface area contributed by atoms with E-state index >= 15 is 0 Å². The maximum absolute atomic E-state index is 10.3. The van der Waals surface area contributed by atoms with Gasteiger partial charge >= 0.3 is 11.4 Å². The number of rotatable bonds is 4. The molecule has 502 valence electrons. The molecule has 9 N–H and O–H groups in total. The molecule has 0 saturated carbocycles. The van der Waals surface area contributed by atoms with Crippen LogP contribution in [-0.4, -0.2) is 114 Å². The summed E-state index contributed by atoms with van der Waals surface area (Å²) in [6.07, 6.45) is 2.14. The van der Waals surface area contributed by atoms with Gasteiger partial charge in [0.2, 0.25) is 0 Å². The molecule has 2 saturated heterocycles. The third kappa shape index (κ3) is 21.3. The topological polar surface area (TPSA) is 313 Å². The second-order valence-electron chi connectivity index (χ2n) is 21.7. The standard InChI is InChI=1S/C14H18ClN3O.C13H15Cl2N3O.C8H6ClNOS.2C7H6ClNO3.2C7H8ClNO/c1-10-8-11(15)9-12-13(10)19-14(16-12)18-5-3-4-17(2)6-7-18;1-9-7-10(14)8-11-12(9)19-13(16-11)17-3-2-4-18(15)6-5-17;1-4-2-5(9)3-6-7(4)11-8(12)10-6;2*1-4-2-5(8)3-6(7(4)10)9(11)12;2*1-4-2-5(8)3-6(9)7(4)10/h8-9H,3-7H2,1-2H3;7-8H,2-6H2,1H3;2-3H,1H3,(H,10,12);2*2-3,10H,1H3;2*2-3,10H,9H2,1H3. The second kappa shape index (κ2) is 34.3. The first kappa shape index (κ1) is 75.6. The maximum Gasteiger partial charge on any atom is 0.312 e. The smallest absolute Gasteiger partial charge is 0.312 e. The van der Waals surface area contributed by atoms with Crippen LogP contribution in [0, 0.1) is 73.5 Å². The summed E-state index contributed by atoms with van der Waals surface area (Å²) >= 11 is 51.2. The first-order valence-electron chi connectivity index (χ1n) is 28.5. The van der Waals surface area contributed by atoms with E-state index in [2.05, 4.69) is 36.7 Å². The van der Waals surface area contributed by atoms with E-state index in [1.165, 1.54) is 24.3 Å². The van der Waals surface area contributed by atoms with Crippen molar-refractivity contribution >= 4 is 173 Å². The Morgan fingerprint density at radius 3 is 1.23 bits per heavy atom. The number of hydrogen-bond acceptors (Lipinski definition) is 20. The van der Waals surface area contributed by atoms with E-state index in [9.17, 15) is 30.4 Å². The minimum Gasteiger partial charge on any atom is -0.506 e. The van der Waals surface area contributed by atoms with Gasteiger partial charge in [0, 0.05) is 93.1 Å². The molecule has 31 heteroatoms. The number of halogens is 8. The Balaban J connectivity index is 0.000000177. The Morgan fingerprint density at radius 1 is 0.468 bits per heavy atom. The second-order valence-corrected chi connectivity index (χ2v) is 25.6. The van der Waals surface area contributed by atoms with E-state index in [1.54, 1.807) is 45.9 Å². The number of nitrogens with zero attached hydrogens (tertiary/aromatic N) is 8. The fourth-order valence-electron chi connectivity index (χ4n) is 9.30. The van der Waals surface area contributed by atoms with Gasteiger partial charge in [0.05, 0.1) is 26.7 Å². The van der Waals surface area contributed by atoms with E-state index in [0.717, 1.165) is 133 Å². The Labute approximate surface area is 586 Å². The predicted molar refractivity (Wildman–Crippen MR) is 381 cm³/mol. The van der Waals surface area contributed by atoms with Crippen molar-refractivity contribution in [2.24, 2.45) is 0 Å². The molecule has 0 bridgehead atoms. The van der Waals surface area contributed by atoms with Crippen LogP contribution in [0.15, 0.2) is 98.2 Å². The Hall–Kier alpha value is -7.39. The summed E-state index contributed by atoms with van der Waals surface area (Å²) in [5.74, 6) is -0.428. The number of nitro groups is 2. The molecule has 7 aromatic carbocycles. The lowest BCUT2D eigenvalue weighted by molar-refractivity contribution is -0.386. The summed E-state index contributed by atoms with van der Waals surface area (Å²) in [7, 11) is 2.15. The number of hydrogen-bond donors (Lipinski definition) is 7. The summed E-state index contributed by atoms with van der Waals surface area (Å²) in [5.41, 5.74) is 20.9. The molecule has 0 spiro atoms. The molecule has 0 atom stereocenters. The molecule has 22 nitrogen and oxygen atoms in total. The Morgan fingerprint density at radius 2 is 0.819 bits per heavy atom. The number of nitrogens with two attached hydrogens (primary N) is 2. The Kier molecular flexibility index (Phi) is 27.6. The van der Waals surface area contributed by atoms with Crippen LogP contribution in [0.4, 0.5) is 34.8 Å². The van der Waals surface area contributed by atoms with Crippen molar-refractivity contribution in [3.63, 3.8) is 0 Å². The molecule has 2 aliphatic rings. The van der Waals surface area contributed by atoms with Gasteiger partial charge in [0.1, 0.15) is 22.5 Å². The van der Waals surface area contributed by atoms with E-state index < -0.39 is 9.85 Å². The molecule has 3 aromatic heterocycles. The van der Waals surface area contributed by atoms with Gasteiger partial charge in [0.15, 0.2) is 28.2 Å². The van der Waals surface area contributed by atoms with Gasteiger partial charge in [-0.05, 0) is 211 Å². The van der Waals surface area contributed by atoms with Crippen molar-refractivity contribution in [1.29, 1.82) is 0 Å². The fourth-order valence-corrected chi connectivity index (χ4v) is 11.6. The third-order valence-corrected chi connectivity index (χ3v) is 16.2. The molecule has 12 rings (SSSR count). The number of likely N-dealkylation sites (N-methyl/N-ethyl adjacent to an activating group) is 1. The molecule has 2 fully saturated rings. The van der Waals surface area contributed by atoms with Gasteiger partial charge in [0.25, 0.3) is 16.9 Å². The monoisotopic (exact) mass is 1470 g/mol. The average molecular weight is 1470 g/mol. The van der Waals surface area contributed by atoms with E-state index in [0.29, 0.717) is 69.6 Å². The van der Waals surface area contributed by atoms with Crippen LogP contribution in [0.5, 0.6) is 23.0 Å². The van der Waals surface area contributed by atoms with Crippen LogP contribution in [-0.2, 0) is 0 Å². The summed E-state index contributed by atoms with van der Waals surface area (Å²) in [6.45, 7) is 20.0. The van der Waals surface area contributed by atoms with Gasteiger partial charge in [-0.15, -0.1) is 0 Å². The number of aromatic amines is 1. The molecular formula is C63H67Cl8N11O11S. The summed E-state index contributed by atoms with van der Waals surface area (Å²) in [6, 6.07) is 24.0. The molecule has 0 aliphatic carbocycles. The number of H-pyrrole nitrogens is 1. The highest BCUT2D eigenvalue weighted by Crippen LogP contribution is 2.36. The quantitative estimate of drug-likeness (QED) is 0.0215. The van der Waals surface area contributed by atoms with Gasteiger partial charge < -0.3 is 64.8 Å². The number of aromatic hydroxyl groups is 4. The van der Waals surface area contributed by atoms with E-state index in [-0.39, 0.29) is 44.4 Å². The van der Waals surface area contributed by atoms with E-state index in [1.807, 2.05) is 55.5 Å². The lowest BCUT2D eigenvalue weighted by atomic mass is 10.2. The number of nitro benzene ring substituents is 2.